The molecule has 2 aromatic heterocycles. The molecule has 0 radical (unpaired) electrons. The summed E-state index contributed by atoms with van der Waals surface area (Å²) in [6.07, 6.45) is -3.13. The molecule has 340 valence electrons. The molecule has 7 nitrogen and oxygen atoms in total. The summed E-state index contributed by atoms with van der Waals surface area (Å²) < 4.78 is 107. The highest BCUT2D eigenvalue weighted by Crippen LogP contribution is 2.46. The van der Waals surface area contributed by atoms with E-state index >= 15 is 8.78 Å². The summed E-state index contributed by atoms with van der Waals surface area (Å²) in [4.78, 5) is 13.0. The van der Waals surface area contributed by atoms with E-state index in [9.17, 15) is 17.6 Å². The van der Waals surface area contributed by atoms with Crippen molar-refractivity contribution >= 4 is 38.1 Å². The summed E-state index contributed by atoms with van der Waals surface area (Å²) in [7, 11) is -4.99. The predicted molar refractivity (Wildman–Crippen MR) is 242 cm³/mol. The van der Waals surface area contributed by atoms with Gasteiger partial charge in [-0.2, -0.15) is 23.1 Å². The number of hydrogen-bond donors (Lipinski definition) is 1. The highest BCUT2D eigenvalue weighted by Gasteiger charge is 2.47. The minimum Gasteiger partial charge on any atom is -0.543 e. The third-order valence-electron chi connectivity index (χ3n) is 12.9. The predicted octanol–water partition coefficient (Wildman–Crippen LogP) is 13.3. The number of pyridine rings is 1. The zero-order valence-electron chi connectivity index (χ0n) is 38.3. The fourth-order valence-electron chi connectivity index (χ4n) is 10.1. The third-order valence-corrected chi connectivity index (χ3v) is 25.2. The van der Waals surface area contributed by atoms with Crippen molar-refractivity contribution in [1.29, 1.82) is 0 Å². The van der Waals surface area contributed by atoms with Gasteiger partial charge in [0.05, 0.1) is 17.6 Å². The first-order valence-electron chi connectivity index (χ1n) is 22.0. The summed E-state index contributed by atoms with van der Waals surface area (Å²) in [5, 5.41) is 3.70. The Morgan fingerprint density at radius 3 is 2.10 bits per heavy atom. The molecule has 62 heavy (non-hydrogen) atoms. The van der Waals surface area contributed by atoms with E-state index in [1.54, 1.807) is 12.1 Å². The number of halogens is 6. The van der Waals surface area contributed by atoms with E-state index in [0.29, 0.717) is 29.5 Å². The van der Waals surface area contributed by atoms with E-state index in [-0.39, 0.29) is 80.9 Å². The molecule has 4 aromatic rings. The second kappa shape index (κ2) is 19.9. The van der Waals surface area contributed by atoms with Gasteiger partial charge in [0, 0.05) is 23.7 Å². The van der Waals surface area contributed by atoms with Gasteiger partial charge in [0.25, 0.3) is 8.32 Å². The van der Waals surface area contributed by atoms with Crippen molar-refractivity contribution in [1.82, 2.24) is 20.3 Å². The number of hydrogen-bond acceptors (Lipinski definition) is 7. The van der Waals surface area contributed by atoms with Crippen molar-refractivity contribution in [2.75, 3.05) is 26.3 Å². The number of ether oxygens (including phenoxy) is 2. The average molecular weight is 903 g/mol. The van der Waals surface area contributed by atoms with Crippen LogP contribution in [0.3, 0.4) is 0 Å². The van der Waals surface area contributed by atoms with E-state index in [4.69, 9.17) is 13.9 Å². The van der Waals surface area contributed by atoms with Crippen LogP contribution in [0.15, 0.2) is 30.5 Å². The normalized spacial score (nSPS) is 17.0. The lowest BCUT2D eigenvalue weighted by atomic mass is 9.96. The van der Waals surface area contributed by atoms with E-state index in [1.807, 2.05) is 6.07 Å². The Balaban J connectivity index is 1.81. The highest BCUT2D eigenvalue weighted by atomic mass is 28.4. The topological polar surface area (TPSA) is 78.4 Å². The fourth-order valence-corrected chi connectivity index (χ4v) is 20.6. The zero-order valence-corrected chi connectivity index (χ0v) is 40.3. The second-order valence-electron chi connectivity index (χ2n) is 18.8. The van der Waals surface area contributed by atoms with Crippen LogP contribution in [0.4, 0.5) is 26.3 Å². The fraction of sp³-hybridized carbons (Fsp3) is 0.596. The quantitative estimate of drug-likeness (QED) is 0.0767. The van der Waals surface area contributed by atoms with Gasteiger partial charge in [-0.05, 0) is 88.6 Å². The SMILES string of the molecule is CC(C)[Si](C#Cc1c(F)ccc2cc(O[Si](C(C)C)(C(C)C)C(C)C)cc(-c3ncc4c(OCC(F)(F)F)nc(OC[C@@H]5CCCNC[C@H](F)C5)nc4c3F)c12)(C(C)C)C(C)C. The molecule has 15 heteroatoms. The molecule has 1 aliphatic heterocycles. The summed E-state index contributed by atoms with van der Waals surface area (Å²) in [6.45, 7) is 25.0. The van der Waals surface area contributed by atoms with Crippen LogP contribution in [0.2, 0.25) is 33.2 Å². The lowest BCUT2D eigenvalue weighted by Crippen LogP contribution is -2.50. The Morgan fingerprint density at radius 2 is 1.50 bits per heavy atom. The molecule has 3 heterocycles. The lowest BCUT2D eigenvalue weighted by Gasteiger charge is -2.42. The molecule has 0 bridgehead atoms. The van der Waals surface area contributed by atoms with E-state index < -0.39 is 64.4 Å². The number of nitrogens with one attached hydrogen (secondary N) is 1. The Hall–Kier alpha value is -3.88. The van der Waals surface area contributed by atoms with Gasteiger partial charge in [-0.3, -0.25) is 4.98 Å². The Labute approximate surface area is 365 Å². The minimum atomic E-state index is -4.74. The standard InChI is InChI=1S/C47H64F6N4O3Si2/c1-27(2)61(28(3)4,29(5)6)19-17-37-40(49)16-15-34-21-36(60-62(30(7)8,31(9)10)32(11)12)22-38(41(34)37)43-42(50)44-39(24-55-43)45(59-26-47(51,52)53)57-46(56-44)58-25-33-14-13-18-54-23-35(48)20-33/h15-16,21-22,24,27-33,35,54H,13-14,18,20,23,25-26H2,1-12H3/t33-,35-/m1/s1. The number of nitrogens with zero attached hydrogens (tertiary/aromatic N) is 3. The van der Waals surface area contributed by atoms with Crippen LogP contribution in [0.25, 0.3) is 32.9 Å². The Morgan fingerprint density at radius 1 is 0.855 bits per heavy atom. The second-order valence-corrected chi connectivity index (χ2v) is 29.8. The highest BCUT2D eigenvalue weighted by molar-refractivity contribution is 6.90. The number of aromatic nitrogens is 3. The van der Waals surface area contributed by atoms with Crippen molar-refractivity contribution in [2.24, 2.45) is 5.92 Å². The summed E-state index contributed by atoms with van der Waals surface area (Å²) >= 11 is 0. The lowest BCUT2D eigenvalue weighted by molar-refractivity contribution is -0.153. The molecular formula is C47H64F6N4O3Si2. The van der Waals surface area contributed by atoms with Gasteiger partial charge in [-0.1, -0.05) is 95.1 Å². The molecule has 2 atom stereocenters. The van der Waals surface area contributed by atoms with Gasteiger partial charge in [-0.25, -0.2) is 13.2 Å². The molecule has 0 aliphatic carbocycles. The van der Waals surface area contributed by atoms with E-state index in [2.05, 4.69) is 115 Å². The smallest absolute Gasteiger partial charge is 0.422 e. The molecule has 1 fully saturated rings. The van der Waals surface area contributed by atoms with Crippen molar-refractivity contribution in [3.8, 4) is 40.4 Å². The molecule has 0 saturated carbocycles. The summed E-state index contributed by atoms with van der Waals surface area (Å²) in [5.41, 5.74) is 4.56. The maximum Gasteiger partial charge on any atom is 0.422 e. The Kier molecular flexibility index (Phi) is 15.8. The monoisotopic (exact) mass is 902 g/mol. The molecule has 0 spiro atoms. The van der Waals surface area contributed by atoms with Crippen LogP contribution in [0, 0.1) is 29.0 Å². The molecule has 0 unspecified atom stereocenters. The average Bonchev–Trinajstić information content (AvgIpc) is 3.16. The molecule has 1 N–H and O–H groups in total. The molecule has 0 amide bonds. The van der Waals surface area contributed by atoms with Gasteiger partial charge in [0.15, 0.2) is 12.4 Å². The molecule has 2 aromatic carbocycles. The summed E-state index contributed by atoms with van der Waals surface area (Å²) in [5.74, 6) is 1.33. The Bertz CT molecular complexity index is 2210. The number of benzene rings is 2. The van der Waals surface area contributed by atoms with Crippen LogP contribution >= 0.6 is 0 Å². The third kappa shape index (κ3) is 10.4. The van der Waals surface area contributed by atoms with Gasteiger partial charge >= 0.3 is 12.2 Å². The van der Waals surface area contributed by atoms with Crippen molar-refractivity contribution in [2.45, 2.75) is 148 Å². The summed E-state index contributed by atoms with van der Waals surface area (Å²) in [6, 6.07) is 6.08. The first-order valence-corrected chi connectivity index (χ1v) is 26.4. The van der Waals surface area contributed by atoms with Gasteiger partial charge in [-0.15, -0.1) is 5.54 Å². The van der Waals surface area contributed by atoms with E-state index in [0.717, 1.165) is 12.6 Å². The first kappa shape index (κ1) is 49.1. The molecule has 5 rings (SSSR count). The molecular weight excluding hydrogens is 839 g/mol. The molecule has 1 saturated heterocycles. The largest absolute Gasteiger partial charge is 0.543 e. The first-order chi connectivity index (χ1) is 29.0. The van der Waals surface area contributed by atoms with E-state index in [1.165, 1.54) is 6.07 Å². The number of fused-ring (bicyclic) bond motifs is 2. The van der Waals surface area contributed by atoms with Crippen molar-refractivity contribution < 1.29 is 40.2 Å². The molecule has 1 aliphatic rings. The minimum absolute atomic E-state index is 0.0450. The van der Waals surface area contributed by atoms with Gasteiger partial charge in [0.1, 0.15) is 37.0 Å². The van der Waals surface area contributed by atoms with Crippen molar-refractivity contribution in [3.05, 3.63) is 47.7 Å². The maximum atomic E-state index is 17.5. The van der Waals surface area contributed by atoms with Crippen LogP contribution in [0.5, 0.6) is 17.6 Å². The zero-order chi connectivity index (χ0) is 45.9. The van der Waals surface area contributed by atoms with Crippen LogP contribution < -0.4 is 19.2 Å². The van der Waals surface area contributed by atoms with Crippen molar-refractivity contribution in [3.63, 3.8) is 0 Å². The maximum absolute atomic E-state index is 17.5. The van der Waals surface area contributed by atoms with Gasteiger partial charge in [0.2, 0.25) is 5.88 Å². The number of rotatable bonds is 14. The van der Waals surface area contributed by atoms with Gasteiger partial charge < -0.3 is 19.2 Å². The van der Waals surface area contributed by atoms with Crippen LogP contribution in [0.1, 0.15) is 108 Å². The van der Waals surface area contributed by atoms with Crippen LogP contribution in [-0.4, -0.2) is 70.0 Å². The number of alkyl halides is 4. The van der Waals surface area contributed by atoms with Crippen LogP contribution in [-0.2, 0) is 0 Å².